The Labute approximate surface area is 88.6 Å². The summed E-state index contributed by atoms with van der Waals surface area (Å²) in [6, 6.07) is 8.23. The third kappa shape index (κ3) is 1.78. The van der Waals surface area contributed by atoms with Crippen molar-refractivity contribution >= 4 is 16.2 Å². The summed E-state index contributed by atoms with van der Waals surface area (Å²) in [5.74, 6) is 0. The Balaban J connectivity index is 2.37. The van der Waals surface area contributed by atoms with E-state index in [1.807, 2.05) is 0 Å². The van der Waals surface area contributed by atoms with Crippen LogP contribution in [0.2, 0.25) is 0 Å². The second-order valence-corrected chi connectivity index (χ2v) is 5.04. The van der Waals surface area contributed by atoms with E-state index in [0.717, 1.165) is 4.41 Å². The molecule has 0 saturated heterocycles. The van der Waals surface area contributed by atoms with Gasteiger partial charge in [0.15, 0.2) is 0 Å². The Morgan fingerprint density at radius 1 is 1.27 bits per heavy atom. The molecule has 0 bridgehead atoms. The largest absolute Gasteiger partial charge is 0.279 e. The Morgan fingerprint density at radius 3 is 2.47 bits per heavy atom. The van der Waals surface area contributed by atoms with Crippen molar-refractivity contribution in [3.8, 4) is 0 Å². The summed E-state index contributed by atoms with van der Waals surface area (Å²) in [4.78, 5) is 0.247. The molecule has 78 valence electrons. The average Bonchev–Trinajstić information content (AvgIpc) is 2.67. The van der Waals surface area contributed by atoms with E-state index in [-0.39, 0.29) is 11.4 Å². The molecule has 0 radical (unpaired) electrons. The molecule has 15 heavy (non-hydrogen) atoms. The van der Waals surface area contributed by atoms with Crippen molar-refractivity contribution in [1.29, 1.82) is 0 Å². The van der Waals surface area contributed by atoms with Crippen molar-refractivity contribution in [2.45, 2.75) is 4.90 Å². The zero-order valence-corrected chi connectivity index (χ0v) is 8.81. The second kappa shape index (κ2) is 3.51. The lowest BCUT2D eigenvalue weighted by molar-refractivity contribution is 0.473. The van der Waals surface area contributed by atoms with Crippen LogP contribution in [0.25, 0.3) is 0 Å². The van der Waals surface area contributed by atoms with E-state index in [1.54, 1.807) is 30.3 Å². The predicted molar refractivity (Wildman–Crippen MR) is 58.0 cm³/mol. The molecule has 4 nitrogen and oxygen atoms in total. The summed E-state index contributed by atoms with van der Waals surface area (Å²) in [6.07, 6.45) is 1.46. The summed E-state index contributed by atoms with van der Waals surface area (Å²) in [7, 11) is -3.50. The fraction of sp³-hybridized carbons (Fsp3) is 0.100. The van der Waals surface area contributed by atoms with E-state index >= 15 is 0 Å². The van der Waals surface area contributed by atoms with Gasteiger partial charge in [-0.15, -0.1) is 0 Å². The van der Waals surface area contributed by atoms with Gasteiger partial charge in [-0.25, -0.2) is 0 Å². The van der Waals surface area contributed by atoms with Gasteiger partial charge in [0.2, 0.25) is 0 Å². The van der Waals surface area contributed by atoms with Crippen molar-refractivity contribution in [3.05, 3.63) is 42.5 Å². The van der Waals surface area contributed by atoms with Gasteiger partial charge < -0.3 is 0 Å². The number of sulfonamides is 1. The first-order chi connectivity index (χ1) is 7.10. The van der Waals surface area contributed by atoms with Crippen LogP contribution >= 0.6 is 0 Å². The molecule has 1 aromatic carbocycles. The molecule has 0 aliphatic carbocycles. The molecule has 0 N–H and O–H groups in total. The summed E-state index contributed by atoms with van der Waals surface area (Å²) >= 11 is 0. The van der Waals surface area contributed by atoms with Gasteiger partial charge in [0, 0.05) is 0 Å². The molecule has 2 rings (SSSR count). The molecule has 1 aliphatic rings. The van der Waals surface area contributed by atoms with Gasteiger partial charge in [-0.1, -0.05) is 24.8 Å². The van der Waals surface area contributed by atoms with Gasteiger partial charge in [0.25, 0.3) is 10.0 Å². The highest BCUT2D eigenvalue weighted by Gasteiger charge is 2.25. The topological polar surface area (TPSA) is 49.7 Å². The minimum Gasteiger partial charge on any atom is -0.200 e. The fourth-order valence-electron chi connectivity index (χ4n) is 1.26. The molecule has 5 heteroatoms. The van der Waals surface area contributed by atoms with E-state index in [0.29, 0.717) is 5.57 Å². The van der Waals surface area contributed by atoms with Crippen molar-refractivity contribution < 1.29 is 8.42 Å². The second-order valence-electron chi connectivity index (χ2n) is 3.20. The van der Waals surface area contributed by atoms with Crippen molar-refractivity contribution in [2.75, 3.05) is 6.54 Å². The monoisotopic (exact) mass is 222 g/mol. The third-order valence-electron chi connectivity index (χ3n) is 2.03. The minimum atomic E-state index is -3.50. The molecule has 0 spiro atoms. The number of benzene rings is 1. The number of nitrogens with zero attached hydrogens (tertiary/aromatic N) is 2. The smallest absolute Gasteiger partial charge is 0.200 e. The average molecular weight is 222 g/mol. The normalized spacial score (nSPS) is 16.0. The Bertz CT molecular complexity index is 505. The van der Waals surface area contributed by atoms with Gasteiger partial charge >= 0.3 is 0 Å². The highest BCUT2D eigenvalue weighted by Crippen LogP contribution is 2.18. The first kappa shape index (κ1) is 9.92. The van der Waals surface area contributed by atoms with E-state index in [1.165, 1.54) is 6.21 Å². The Morgan fingerprint density at radius 2 is 1.93 bits per heavy atom. The zero-order valence-electron chi connectivity index (χ0n) is 8.00. The highest BCUT2D eigenvalue weighted by atomic mass is 32.2. The highest BCUT2D eigenvalue weighted by molar-refractivity contribution is 7.89. The SMILES string of the molecule is C=C1C=NN(S(=O)(=O)c2ccccc2)C1. The van der Waals surface area contributed by atoms with Crippen LogP contribution in [0, 0.1) is 0 Å². The maximum absolute atomic E-state index is 12.0. The van der Waals surface area contributed by atoms with E-state index in [9.17, 15) is 8.42 Å². The summed E-state index contributed by atoms with van der Waals surface area (Å²) < 4.78 is 24.9. The predicted octanol–water partition coefficient (Wildman–Crippen LogP) is 1.23. The van der Waals surface area contributed by atoms with E-state index in [2.05, 4.69) is 11.7 Å². The third-order valence-corrected chi connectivity index (χ3v) is 3.67. The van der Waals surface area contributed by atoms with Crippen LogP contribution in [0.15, 0.2) is 52.5 Å². The maximum Gasteiger partial charge on any atom is 0.279 e. The van der Waals surface area contributed by atoms with Gasteiger partial charge in [0.05, 0.1) is 17.7 Å². The zero-order chi connectivity index (χ0) is 10.9. The maximum atomic E-state index is 12.0. The quantitative estimate of drug-likeness (QED) is 0.755. The van der Waals surface area contributed by atoms with Crippen LogP contribution in [0.1, 0.15) is 0 Å². The molecule has 0 saturated carbocycles. The molecule has 0 atom stereocenters. The first-order valence-corrected chi connectivity index (χ1v) is 5.84. The van der Waals surface area contributed by atoms with Gasteiger partial charge in [-0.3, -0.25) is 0 Å². The summed E-state index contributed by atoms with van der Waals surface area (Å²) in [6.45, 7) is 3.89. The van der Waals surface area contributed by atoms with Crippen molar-refractivity contribution in [1.82, 2.24) is 4.41 Å². The number of hydrazone groups is 1. The minimum absolute atomic E-state index is 0.233. The molecule has 0 aromatic heterocycles. The molecule has 0 unspecified atom stereocenters. The molecule has 1 heterocycles. The van der Waals surface area contributed by atoms with Crippen molar-refractivity contribution in [2.24, 2.45) is 5.10 Å². The summed E-state index contributed by atoms with van der Waals surface area (Å²) in [5.41, 5.74) is 0.689. The number of rotatable bonds is 2. The lowest BCUT2D eigenvalue weighted by atomic mass is 10.4. The van der Waals surface area contributed by atoms with Crippen molar-refractivity contribution in [3.63, 3.8) is 0 Å². The van der Waals surface area contributed by atoms with E-state index < -0.39 is 10.0 Å². The molecular formula is C10H10N2O2S. The van der Waals surface area contributed by atoms with Crippen LogP contribution in [0.3, 0.4) is 0 Å². The fourth-order valence-corrected chi connectivity index (χ4v) is 2.51. The number of hydrogen-bond acceptors (Lipinski definition) is 3. The van der Waals surface area contributed by atoms with Gasteiger partial charge in [-0.2, -0.15) is 17.9 Å². The molecule has 1 aliphatic heterocycles. The lowest BCUT2D eigenvalue weighted by Gasteiger charge is -2.13. The Kier molecular flexibility index (Phi) is 2.32. The lowest BCUT2D eigenvalue weighted by Crippen LogP contribution is -2.24. The van der Waals surface area contributed by atoms with Crippen LogP contribution < -0.4 is 0 Å². The molecule has 0 amide bonds. The van der Waals surface area contributed by atoms with Crippen LogP contribution in [0.5, 0.6) is 0 Å². The number of hydrogen-bond donors (Lipinski definition) is 0. The molecule has 0 fully saturated rings. The van der Waals surface area contributed by atoms with Crippen LogP contribution in [0.4, 0.5) is 0 Å². The summed E-state index contributed by atoms with van der Waals surface area (Å²) in [5, 5.41) is 3.79. The standard InChI is InChI=1S/C10H10N2O2S/c1-9-7-11-12(8-9)15(13,14)10-5-3-2-4-6-10/h2-7H,1,8H2. The Hall–Kier alpha value is -1.62. The van der Waals surface area contributed by atoms with Crippen LogP contribution in [-0.2, 0) is 10.0 Å². The first-order valence-electron chi connectivity index (χ1n) is 4.40. The molecular weight excluding hydrogens is 212 g/mol. The van der Waals surface area contributed by atoms with E-state index in [4.69, 9.17) is 0 Å². The van der Waals surface area contributed by atoms with Crippen LogP contribution in [-0.4, -0.2) is 25.6 Å². The molecule has 1 aromatic rings. The van der Waals surface area contributed by atoms with Gasteiger partial charge in [0.1, 0.15) is 0 Å². The van der Waals surface area contributed by atoms with Gasteiger partial charge in [-0.05, 0) is 17.7 Å².